The summed E-state index contributed by atoms with van der Waals surface area (Å²) in [4.78, 5) is 33.9. The predicted molar refractivity (Wildman–Crippen MR) is 70.2 cm³/mol. The SMILES string of the molecule is CCC(C)NC(=O)CCn1cc(C(=O)O)ccc1=O. The van der Waals surface area contributed by atoms with Gasteiger partial charge in [-0.05, 0) is 19.4 Å². The number of aromatic carboxylic acids is 1. The monoisotopic (exact) mass is 266 g/mol. The first-order valence-electron chi connectivity index (χ1n) is 6.17. The second-order valence-electron chi connectivity index (χ2n) is 4.38. The zero-order valence-corrected chi connectivity index (χ0v) is 11.0. The van der Waals surface area contributed by atoms with Crippen molar-refractivity contribution in [2.24, 2.45) is 0 Å². The molecule has 0 aliphatic carbocycles. The molecule has 0 saturated carbocycles. The Balaban J connectivity index is 2.67. The summed E-state index contributed by atoms with van der Waals surface area (Å²) < 4.78 is 1.24. The predicted octanol–water partition coefficient (Wildman–Crippen LogP) is 0.851. The summed E-state index contributed by atoms with van der Waals surface area (Å²) in [6, 6.07) is 2.53. The average Bonchev–Trinajstić information content (AvgIpc) is 2.37. The molecule has 0 aliphatic heterocycles. The van der Waals surface area contributed by atoms with Crippen molar-refractivity contribution < 1.29 is 14.7 Å². The average molecular weight is 266 g/mol. The summed E-state index contributed by atoms with van der Waals surface area (Å²) in [6.07, 6.45) is 2.23. The van der Waals surface area contributed by atoms with Gasteiger partial charge >= 0.3 is 5.97 Å². The molecule has 1 atom stereocenters. The molecule has 104 valence electrons. The molecule has 0 radical (unpaired) electrons. The van der Waals surface area contributed by atoms with E-state index in [0.29, 0.717) is 0 Å². The standard InChI is InChI=1S/C13H18N2O4/c1-3-9(2)14-11(16)6-7-15-8-10(13(18)19)4-5-12(15)17/h4-5,8-9H,3,6-7H2,1-2H3,(H,14,16)(H,18,19). The summed E-state index contributed by atoms with van der Waals surface area (Å²) >= 11 is 0. The van der Waals surface area contributed by atoms with Crippen LogP contribution in [0.3, 0.4) is 0 Å². The first kappa shape index (κ1) is 14.9. The van der Waals surface area contributed by atoms with Gasteiger partial charge in [-0.25, -0.2) is 4.79 Å². The third kappa shape index (κ3) is 4.57. The Morgan fingerprint density at radius 1 is 1.42 bits per heavy atom. The van der Waals surface area contributed by atoms with Crippen molar-refractivity contribution in [3.63, 3.8) is 0 Å². The van der Waals surface area contributed by atoms with Crippen LogP contribution in [0.4, 0.5) is 0 Å². The Kier molecular flexibility index (Phi) is 5.29. The number of nitrogens with one attached hydrogen (secondary N) is 1. The molecule has 6 heteroatoms. The normalized spacial score (nSPS) is 11.9. The number of carboxylic acids is 1. The molecular weight excluding hydrogens is 248 g/mol. The van der Waals surface area contributed by atoms with E-state index in [1.807, 2.05) is 13.8 Å². The zero-order valence-electron chi connectivity index (χ0n) is 11.0. The molecule has 0 aliphatic rings. The Bertz CT molecular complexity index is 522. The minimum Gasteiger partial charge on any atom is -0.478 e. The molecule has 0 spiro atoms. The molecule has 1 aromatic rings. The summed E-state index contributed by atoms with van der Waals surface area (Å²) in [5.74, 6) is -1.25. The highest BCUT2D eigenvalue weighted by Crippen LogP contribution is 1.97. The van der Waals surface area contributed by atoms with E-state index in [2.05, 4.69) is 5.32 Å². The van der Waals surface area contributed by atoms with E-state index in [0.717, 1.165) is 6.42 Å². The molecular formula is C13H18N2O4. The molecule has 1 rings (SSSR count). The minimum atomic E-state index is -1.10. The summed E-state index contributed by atoms with van der Waals surface area (Å²) in [7, 11) is 0. The molecule has 1 heterocycles. The fourth-order valence-electron chi connectivity index (χ4n) is 1.50. The van der Waals surface area contributed by atoms with Gasteiger partial charge in [0.2, 0.25) is 5.91 Å². The number of rotatable bonds is 6. The lowest BCUT2D eigenvalue weighted by Gasteiger charge is -2.12. The van der Waals surface area contributed by atoms with Gasteiger partial charge in [0.25, 0.3) is 5.56 Å². The highest BCUT2D eigenvalue weighted by Gasteiger charge is 2.08. The van der Waals surface area contributed by atoms with Gasteiger partial charge in [-0.1, -0.05) is 6.92 Å². The molecule has 19 heavy (non-hydrogen) atoms. The van der Waals surface area contributed by atoms with E-state index >= 15 is 0 Å². The number of carbonyl (C=O) groups is 2. The number of hydrogen-bond donors (Lipinski definition) is 2. The number of hydrogen-bond acceptors (Lipinski definition) is 3. The van der Waals surface area contributed by atoms with Gasteiger partial charge in [0.15, 0.2) is 0 Å². The number of pyridine rings is 1. The van der Waals surface area contributed by atoms with Crippen molar-refractivity contribution in [1.29, 1.82) is 0 Å². The first-order chi connectivity index (χ1) is 8.93. The third-order valence-corrected chi connectivity index (χ3v) is 2.83. The Labute approximate surface area is 111 Å². The quantitative estimate of drug-likeness (QED) is 0.799. The summed E-state index contributed by atoms with van der Waals surface area (Å²) in [5.41, 5.74) is -0.289. The van der Waals surface area contributed by atoms with Crippen molar-refractivity contribution in [2.75, 3.05) is 0 Å². The number of nitrogens with zero attached hydrogens (tertiary/aromatic N) is 1. The highest BCUT2D eigenvalue weighted by atomic mass is 16.4. The lowest BCUT2D eigenvalue weighted by Crippen LogP contribution is -2.33. The van der Waals surface area contributed by atoms with Crippen LogP contribution < -0.4 is 10.9 Å². The maximum absolute atomic E-state index is 11.6. The lowest BCUT2D eigenvalue weighted by molar-refractivity contribution is -0.121. The van der Waals surface area contributed by atoms with E-state index in [9.17, 15) is 14.4 Å². The van der Waals surface area contributed by atoms with Crippen LogP contribution in [-0.4, -0.2) is 27.6 Å². The van der Waals surface area contributed by atoms with Crippen molar-refractivity contribution in [3.05, 3.63) is 34.2 Å². The van der Waals surface area contributed by atoms with E-state index in [-0.39, 0.29) is 36.0 Å². The summed E-state index contributed by atoms with van der Waals surface area (Å²) in [5, 5.41) is 11.6. The molecule has 0 fully saturated rings. The fraction of sp³-hybridized carbons (Fsp3) is 0.462. The van der Waals surface area contributed by atoms with Crippen molar-refractivity contribution in [3.8, 4) is 0 Å². The van der Waals surface area contributed by atoms with Crippen LogP contribution in [0.15, 0.2) is 23.1 Å². The maximum Gasteiger partial charge on any atom is 0.337 e. The van der Waals surface area contributed by atoms with Crippen LogP contribution in [0.5, 0.6) is 0 Å². The lowest BCUT2D eigenvalue weighted by atomic mass is 10.2. The van der Waals surface area contributed by atoms with Gasteiger partial charge in [0.1, 0.15) is 0 Å². The summed E-state index contributed by atoms with van der Waals surface area (Å²) in [6.45, 7) is 4.03. The van der Waals surface area contributed by atoms with Gasteiger partial charge in [-0.2, -0.15) is 0 Å². The number of aryl methyl sites for hydroxylation is 1. The van der Waals surface area contributed by atoms with E-state index in [1.54, 1.807) is 0 Å². The first-order valence-corrected chi connectivity index (χ1v) is 6.17. The topological polar surface area (TPSA) is 88.4 Å². The maximum atomic E-state index is 11.6. The fourth-order valence-corrected chi connectivity index (χ4v) is 1.50. The minimum absolute atomic E-state index is 0.0296. The molecule has 1 aromatic heterocycles. The smallest absolute Gasteiger partial charge is 0.337 e. The van der Waals surface area contributed by atoms with Crippen LogP contribution in [-0.2, 0) is 11.3 Å². The molecule has 0 saturated heterocycles. The number of carbonyl (C=O) groups excluding carboxylic acids is 1. The molecule has 0 aromatic carbocycles. The van der Waals surface area contributed by atoms with Crippen LogP contribution in [0, 0.1) is 0 Å². The molecule has 0 bridgehead atoms. The Hall–Kier alpha value is -2.11. The van der Waals surface area contributed by atoms with Gasteiger partial charge in [-0.15, -0.1) is 0 Å². The number of amides is 1. The van der Waals surface area contributed by atoms with Crippen LogP contribution in [0.2, 0.25) is 0 Å². The van der Waals surface area contributed by atoms with Crippen molar-refractivity contribution in [1.82, 2.24) is 9.88 Å². The second-order valence-corrected chi connectivity index (χ2v) is 4.38. The van der Waals surface area contributed by atoms with Gasteiger partial charge in [0.05, 0.1) is 5.56 Å². The number of aromatic nitrogens is 1. The largest absolute Gasteiger partial charge is 0.478 e. The Morgan fingerprint density at radius 2 is 2.11 bits per heavy atom. The second kappa shape index (κ2) is 6.72. The van der Waals surface area contributed by atoms with Crippen LogP contribution >= 0.6 is 0 Å². The van der Waals surface area contributed by atoms with Crippen LogP contribution in [0.25, 0.3) is 0 Å². The van der Waals surface area contributed by atoms with Gasteiger partial charge < -0.3 is 15.0 Å². The van der Waals surface area contributed by atoms with E-state index in [1.165, 1.54) is 22.9 Å². The molecule has 1 amide bonds. The van der Waals surface area contributed by atoms with Crippen molar-refractivity contribution >= 4 is 11.9 Å². The van der Waals surface area contributed by atoms with Crippen LogP contribution in [0.1, 0.15) is 37.0 Å². The van der Waals surface area contributed by atoms with Gasteiger partial charge in [-0.3, -0.25) is 9.59 Å². The van der Waals surface area contributed by atoms with E-state index < -0.39 is 5.97 Å². The van der Waals surface area contributed by atoms with E-state index in [4.69, 9.17) is 5.11 Å². The third-order valence-electron chi connectivity index (χ3n) is 2.83. The molecule has 1 unspecified atom stereocenters. The Morgan fingerprint density at radius 3 is 2.68 bits per heavy atom. The molecule has 6 nitrogen and oxygen atoms in total. The molecule has 2 N–H and O–H groups in total. The van der Waals surface area contributed by atoms with Gasteiger partial charge in [0, 0.05) is 31.3 Å². The van der Waals surface area contributed by atoms with Crippen molar-refractivity contribution in [2.45, 2.75) is 39.3 Å². The highest BCUT2D eigenvalue weighted by molar-refractivity contribution is 5.87. The zero-order chi connectivity index (χ0) is 14.4. The number of carboxylic acid groups (broad SMARTS) is 1.